The molecule has 2 heterocycles. The van der Waals surface area contributed by atoms with Crippen molar-refractivity contribution in [2.24, 2.45) is 0 Å². The molecular formula is C19H16N4OS. The maximum Gasteiger partial charge on any atom is 0.277 e. The number of nitrogens with zero attached hydrogens (tertiary/aromatic N) is 4. The van der Waals surface area contributed by atoms with E-state index in [9.17, 15) is 10.1 Å². The van der Waals surface area contributed by atoms with Crippen LogP contribution in [0, 0.1) is 25.2 Å². The lowest BCUT2D eigenvalue weighted by Gasteiger charge is -2.15. The fraction of sp³-hybridized carbons (Fsp3) is 0.158. The van der Waals surface area contributed by atoms with Gasteiger partial charge < -0.3 is 0 Å². The van der Waals surface area contributed by atoms with Crippen LogP contribution >= 0.6 is 11.8 Å². The number of aromatic nitrogens is 3. The molecule has 0 aliphatic carbocycles. The lowest BCUT2D eigenvalue weighted by molar-refractivity contribution is 0.884. The monoisotopic (exact) mass is 348 g/mol. The Morgan fingerprint density at radius 2 is 1.96 bits per heavy atom. The summed E-state index contributed by atoms with van der Waals surface area (Å²) < 4.78 is 1.47. The summed E-state index contributed by atoms with van der Waals surface area (Å²) in [5, 5.41) is 9.84. The Bertz CT molecular complexity index is 1040. The Morgan fingerprint density at radius 1 is 1.16 bits per heavy atom. The summed E-state index contributed by atoms with van der Waals surface area (Å²) in [6.07, 6.45) is 3.45. The first kappa shape index (κ1) is 16.9. The maximum absolute atomic E-state index is 13.0. The lowest BCUT2D eigenvalue weighted by Crippen LogP contribution is -2.25. The molecule has 0 saturated carbocycles. The van der Waals surface area contributed by atoms with Crippen LogP contribution in [0.2, 0.25) is 0 Å². The second-order valence-corrected chi connectivity index (χ2v) is 6.35. The van der Waals surface area contributed by atoms with Gasteiger partial charge in [0.05, 0.1) is 5.69 Å². The Labute approximate surface area is 150 Å². The number of benzene rings is 1. The predicted molar refractivity (Wildman–Crippen MR) is 99.0 cm³/mol. The van der Waals surface area contributed by atoms with Gasteiger partial charge in [-0.1, -0.05) is 12.1 Å². The SMILES string of the molecule is CSc1nc(-c2ccccn2)n(-c2ccc(C)c(C)c2)c(=O)c1C#N. The van der Waals surface area contributed by atoms with Crippen LogP contribution in [0.3, 0.4) is 0 Å². The van der Waals surface area contributed by atoms with Gasteiger partial charge in [0.1, 0.15) is 22.4 Å². The van der Waals surface area contributed by atoms with Crippen LogP contribution in [0.1, 0.15) is 16.7 Å². The van der Waals surface area contributed by atoms with E-state index in [-0.39, 0.29) is 11.1 Å². The average molecular weight is 348 g/mol. The van der Waals surface area contributed by atoms with Crippen molar-refractivity contribution in [3.05, 3.63) is 69.6 Å². The molecule has 0 N–H and O–H groups in total. The highest BCUT2D eigenvalue weighted by Gasteiger charge is 2.19. The molecular weight excluding hydrogens is 332 g/mol. The van der Waals surface area contributed by atoms with E-state index in [1.807, 2.05) is 44.2 Å². The van der Waals surface area contributed by atoms with Crippen molar-refractivity contribution in [3.8, 4) is 23.3 Å². The average Bonchev–Trinajstić information content (AvgIpc) is 2.64. The summed E-state index contributed by atoms with van der Waals surface area (Å²) in [6, 6.07) is 13.2. The van der Waals surface area contributed by atoms with Crippen LogP contribution in [-0.4, -0.2) is 20.8 Å². The summed E-state index contributed by atoms with van der Waals surface area (Å²) in [4.78, 5) is 21.9. The van der Waals surface area contributed by atoms with Crippen molar-refractivity contribution in [2.45, 2.75) is 18.9 Å². The smallest absolute Gasteiger partial charge is 0.267 e. The minimum atomic E-state index is -0.384. The maximum atomic E-state index is 13.0. The summed E-state index contributed by atoms with van der Waals surface area (Å²) in [5.41, 5.74) is 3.10. The largest absolute Gasteiger partial charge is 0.277 e. The fourth-order valence-corrected chi connectivity index (χ4v) is 3.03. The molecule has 0 aliphatic heterocycles. The Kier molecular flexibility index (Phi) is 4.68. The third-order valence-corrected chi connectivity index (χ3v) is 4.68. The second-order valence-electron chi connectivity index (χ2n) is 5.56. The fourth-order valence-electron chi connectivity index (χ4n) is 2.52. The molecule has 0 unspecified atom stereocenters. The molecule has 25 heavy (non-hydrogen) atoms. The van der Waals surface area contributed by atoms with Gasteiger partial charge in [-0.2, -0.15) is 5.26 Å². The number of hydrogen-bond acceptors (Lipinski definition) is 5. The summed E-state index contributed by atoms with van der Waals surface area (Å²) in [5.74, 6) is 0.428. The van der Waals surface area contributed by atoms with Gasteiger partial charge in [-0.15, -0.1) is 11.8 Å². The van der Waals surface area contributed by atoms with Crippen molar-refractivity contribution in [2.75, 3.05) is 6.26 Å². The molecule has 0 amide bonds. The molecule has 124 valence electrons. The van der Waals surface area contributed by atoms with Crippen LogP contribution in [0.25, 0.3) is 17.2 Å². The third kappa shape index (κ3) is 3.06. The van der Waals surface area contributed by atoms with Crippen LogP contribution in [0.4, 0.5) is 0 Å². The van der Waals surface area contributed by atoms with Gasteiger partial charge in [0, 0.05) is 6.20 Å². The number of nitriles is 1. The first-order valence-electron chi connectivity index (χ1n) is 7.67. The minimum absolute atomic E-state index is 0.0467. The van der Waals surface area contributed by atoms with E-state index in [2.05, 4.69) is 9.97 Å². The van der Waals surface area contributed by atoms with E-state index >= 15 is 0 Å². The van der Waals surface area contributed by atoms with Crippen LogP contribution < -0.4 is 5.56 Å². The van der Waals surface area contributed by atoms with E-state index in [4.69, 9.17) is 0 Å². The molecule has 0 saturated heterocycles. The quantitative estimate of drug-likeness (QED) is 0.535. The molecule has 0 spiro atoms. The number of aryl methyl sites for hydroxylation is 2. The highest BCUT2D eigenvalue weighted by atomic mass is 32.2. The van der Waals surface area contributed by atoms with Crippen LogP contribution in [0.15, 0.2) is 52.4 Å². The summed E-state index contributed by atoms with van der Waals surface area (Å²) in [6.45, 7) is 4.00. The van der Waals surface area contributed by atoms with E-state index in [1.54, 1.807) is 24.6 Å². The highest BCUT2D eigenvalue weighted by Crippen LogP contribution is 2.23. The van der Waals surface area contributed by atoms with Gasteiger partial charge in [-0.05, 0) is 55.5 Å². The zero-order valence-electron chi connectivity index (χ0n) is 14.1. The number of pyridine rings is 1. The van der Waals surface area contributed by atoms with Crippen molar-refractivity contribution in [1.29, 1.82) is 5.26 Å². The zero-order valence-corrected chi connectivity index (χ0v) is 15.0. The minimum Gasteiger partial charge on any atom is -0.267 e. The standard InChI is InChI=1S/C19H16N4OS/c1-12-7-8-14(10-13(12)2)23-17(16-6-4-5-9-21-16)22-18(25-3)15(11-20)19(23)24/h4-10H,1-3H3. The molecule has 0 fully saturated rings. The zero-order chi connectivity index (χ0) is 18.0. The van der Waals surface area contributed by atoms with E-state index in [0.717, 1.165) is 11.1 Å². The molecule has 0 bridgehead atoms. The van der Waals surface area contributed by atoms with Gasteiger partial charge in [0.25, 0.3) is 5.56 Å². The predicted octanol–water partition coefficient (Wildman–Crippen LogP) is 3.50. The van der Waals surface area contributed by atoms with Crippen molar-refractivity contribution >= 4 is 11.8 Å². The van der Waals surface area contributed by atoms with Gasteiger partial charge in [0.15, 0.2) is 5.82 Å². The number of thioether (sulfide) groups is 1. The topological polar surface area (TPSA) is 71.6 Å². The summed E-state index contributed by atoms with van der Waals surface area (Å²) >= 11 is 1.28. The first-order chi connectivity index (χ1) is 12.1. The Morgan fingerprint density at radius 3 is 2.56 bits per heavy atom. The van der Waals surface area contributed by atoms with Crippen LogP contribution in [-0.2, 0) is 0 Å². The lowest BCUT2D eigenvalue weighted by atomic mass is 10.1. The van der Waals surface area contributed by atoms with E-state index < -0.39 is 0 Å². The summed E-state index contributed by atoms with van der Waals surface area (Å²) in [7, 11) is 0. The van der Waals surface area contributed by atoms with Gasteiger partial charge >= 0.3 is 0 Å². The molecule has 0 aliphatic rings. The molecule has 3 aromatic rings. The van der Waals surface area contributed by atoms with Crippen LogP contribution in [0.5, 0.6) is 0 Å². The van der Waals surface area contributed by atoms with Crippen molar-refractivity contribution in [1.82, 2.24) is 14.5 Å². The number of hydrogen-bond donors (Lipinski definition) is 0. The van der Waals surface area contributed by atoms with Gasteiger partial charge in [-0.25, -0.2) is 4.98 Å². The normalized spacial score (nSPS) is 10.5. The second kappa shape index (κ2) is 6.91. The van der Waals surface area contributed by atoms with E-state index in [0.29, 0.717) is 22.2 Å². The van der Waals surface area contributed by atoms with E-state index in [1.165, 1.54) is 16.3 Å². The molecule has 0 radical (unpaired) electrons. The molecule has 2 aromatic heterocycles. The Hall–Kier alpha value is -2.91. The van der Waals surface area contributed by atoms with Crippen molar-refractivity contribution in [3.63, 3.8) is 0 Å². The molecule has 1 aromatic carbocycles. The van der Waals surface area contributed by atoms with Gasteiger partial charge in [0.2, 0.25) is 0 Å². The van der Waals surface area contributed by atoms with Crippen molar-refractivity contribution < 1.29 is 0 Å². The Balaban J connectivity index is 2.41. The molecule has 5 nitrogen and oxygen atoms in total. The molecule has 3 rings (SSSR count). The first-order valence-corrected chi connectivity index (χ1v) is 8.89. The third-order valence-electron chi connectivity index (χ3n) is 4.00. The van der Waals surface area contributed by atoms with Gasteiger partial charge in [-0.3, -0.25) is 14.3 Å². The highest BCUT2D eigenvalue weighted by molar-refractivity contribution is 7.98. The molecule has 6 heteroatoms. The number of rotatable bonds is 3. The molecule has 0 atom stereocenters.